The van der Waals surface area contributed by atoms with Crippen molar-refractivity contribution in [3.63, 3.8) is 0 Å². The van der Waals surface area contributed by atoms with Gasteiger partial charge in [0.05, 0.1) is 6.04 Å². The zero-order chi connectivity index (χ0) is 21.3. The van der Waals surface area contributed by atoms with Gasteiger partial charge >= 0.3 is 0 Å². The highest BCUT2D eigenvalue weighted by atomic mass is 35.5. The van der Waals surface area contributed by atoms with Gasteiger partial charge in [-0.25, -0.2) is 5.48 Å². The first-order valence-electron chi connectivity index (χ1n) is 10.2. The zero-order valence-electron chi connectivity index (χ0n) is 16.4. The van der Waals surface area contributed by atoms with E-state index < -0.39 is 11.8 Å². The number of rotatable bonds is 6. The minimum atomic E-state index is -0.547. The van der Waals surface area contributed by atoms with Gasteiger partial charge in [-0.05, 0) is 60.6 Å². The van der Waals surface area contributed by atoms with Crippen LogP contribution in [0.5, 0.6) is 0 Å². The Morgan fingerprint density at radius 2 is 1.80 bits per heavy atom. The Morgan fingerprint density at radius 1 is 1.07 bits per heavy atom. The molecule has 30 heavy (non-hydrogen) atoms. The molecule has 7 heteroatoms. The molecule has 0 radical (unpaired) electrons. The molecule has 2 aromatic carbocycles. The minimum absolute atomic E-state index is 0.0298. The van der Waals surface area contributed by atoms with E-state index in [1.165, 1.54) is 0 Å². The summed E-state index contributed by atoms with van der Waals surface area (Å²) in [6.45, 7) is 0.667. The van der Waals surface area contributed by atoms with Gasteiger partial charge in [-0.3, -0.25) is 14.8 Å². The van der Waals surface area contributed by atoms with E-state index in [1.807, 2.05) is 53.4 Å². The van der Waals surface area contributed by atoms with E-state index in [0.717, 1.165) is 24.0 Å². The highest BCUT2D eigenvalue weighted by molar-refractivity contribution is 6.30. The monoisotopic (exact) mass is 446 g/mol. The van der Waals surface area contributed by atoms with E-state index in [0.29, 0.717) is 28.9 Å². The second-order valence-electron chi connectivity index (χ2n) is 8.26. The van der Waals surface area contributed by atoms with Crippen LogP contribution in [0.2, 0.25) is 10.0 Å². The van der Waals surface area contributed by atoms with Crippen molar-refractivity contribution < 1.29 is 14.8 Å². The summed E-state index contributed by atoms with van der Waals surface area (Å²) in [5.74, 6) is -0.617. The number of amides is 2. The standard InChI is InChI=1S/C23H24Cl2N2O3/c24-18-8-6-15(7-9-18)22-20(16-2-1-3-19(25)10-16)11-17(12-21(28)26-30)23(29)27(22)13-14-4-5-14/h1-3,6-10,14,17,20,22,30H,4-5,11-13H2,(H,26,28)/t17-,20-,22-/m1/s1. The number of piperidine rings is 1. The number of carbonyl (C=O) groups is 2. The SMILES string of the molecule is O=C(C[C@H]1C[C@H](c2cccc(Cl)c2)[C@@H](c2ccc(Cl)cc2)N(CC2CC2)C1=O)NO. The van der Waals surface area contributed by atoms with Crippen molar-refractivity contribution >= 4 is 35.0 Å². The molecule has 0 aromatic heterocycles. The number of hydrogen-bond donors (Lipinski definition) is 2. The number of hydroxylamine groups is 1. The molecule has 1 saturated heterocycles. The Balaban J connectivity index is 1.77. The molecule has 0 bridgehead atoms. The summed E-state index contributed by atoms with van der Waals surface area (Å²) >= 11 is 12.4. The van der Waals surface area contributed by atoms with Gasteiger partial charge in [0.1, 0.15) is 0 Å². The number of carbonyl (C=O) groups excluding carboxylic acids is 2. The Bertz CT molecular complexity index is 930. The van der Waals surface area contributed by atoms with Gasteiger partial charge in [0.2, 0.25) is 11.8 Å². The number of nitrogens with zero attached hydrogens (tertiary/aromatic N) is 1. The summed E-state index contributed by atoms with van der Waals surface area (Å²) in [6.07, 6.45) is 2.68. The number of nitrogens with one attached hydrogen (secondary N) is 1. The molecule has 158 valence electrons. The highest BCUT2D eigenvalue weighted by Crippen LogP contribution is 2.48. The van der Waals surface area contributed by atoms with Crippen molar-refractivity contribution in [3.05, 3.63) is 69.7 Å². The average Bonchev–Trinajstić information content (AvgIpc) is 3.55. The number of benzene rings is 2. The summed E-state index contributed by atoms with van der Waals surface area (Å²) in [5.41, 5.74) is 3.72. The Labute approximate surface area is 185 Å². The topological polar surface area (TPSA) is 69.6 Å². The van der Waals surface area contributed by atoms with Crippen molar-refractivity contribution in [2.75, 3.05) is 6.54 Å². The van der Waals surface area contributed by atoms with Crippen LogP contribution in [-0.4, -0.2) is 28.5 Å². The van der Waals surface area contributed by atoms with E-state index >= 15 is 0 Å². The Hall–Kier alpha value is -2.08. The lowest BCUT2D eigenvalue weighted by atomic mass is 9.74. The minimum Gasteiger partial charge on any atom is -0.335 e. The zero-order valence-corrected chi connectivity index (χ0v) is 17.9. The summed E-state index contributed by atoms with van der Waals surface area (Å²) in [7, 11) is 0. The lowest BCUT2D eigenvalue weighted by Gasteiger charge is -2.45. The number of halogens is 2. The third-order valence-corrected chi connectivity index (χ3v) is 6.57. The van der Waals surface area contributed by atoms with Gasteiger partial charge in [0, 0.05) is 34.8 Å². The summed E-state index contributed by atoms with van der Waals surface area (Å²) in [6, 6.07) is 15.2. The molecule has 2 N–H and O–H groups in total. The molecule has 1 aliphatic carbocycles. The maximum Gasteiger partial charge on any atom is 0.244 e. The van der Waals surface area contributed by atoms with Crippen molar-refractivity contribution in [2.24, 2.45) is 11.8 Å². The van der Waals surface area contributed by atoms with Crippen LogP contribution in [0.3, 0.4) is 0 Å². The fourth-order valence-electron chi connectivity index (χ4n) is 4.48. The molecule has 2 aliphatic rings. The van der Waals surface area contributed by atoms with Crippen molar-refractivity contribution in [1.82, 2.24) is 10.4 Å². The maximum absolute atomic E-state index is 13.4. The maximum atomic E-state index is 13.4. The average molecular weight is 447 g/mol. The lowest BCUT2D eigenvalue weighted by Crippen LogP contribution is -2.48. The molecule has 1 aliphatic heterocycles. The fourth-order valence-corrected chi connectivity index (χ4v) is 4.80. The fraction of sp³-hybridized carbons (Fsp3) is 0.391. The second-order valence-corrected chi connectivity index (χ2v) is 9.14. The number of hydrogen-bond acceptors (Lipinski definition) is 3. The van der Waals surface area contributed by atoms with E-state index in [1.54, 1.807) is 5.48 Å². The predicted molar refractivity (Wildman–Crippen MR) is 115 cm³/mol. The molecule has 4 rings (SSSR count). The van der Waals surface area contributed by atoms with Gasteiger partial charge in [-0.2, -0.15) is 0 Å². The van der Waals surface area contributed by atoms with Crippen molar-refractivity contribution in [2.45, 2.75) is 37.6 Å². The van der Waals surface area contributed by atoms with Crippen LogP contribution in [0.4, 0.5) is 0 Å². The van der Waals surface area contributed by atoms with Crippen molar-refractivity contribution in [1.29, 1.82) is 0 Å². The van der Waals surface area contributed by atoms with Gasteiger partial charge in [-0.15, -0.1) is 0 Å². The van der Waals surface area contributed by atoms with E-state index in [-0.39, 0.29) is 24.3 Å². The summed E-state index contributed by atoms with van der Waals surface area (Å²) in [4.78, 5) is 27.3. The number of likely N-dealkylation sites (tertiary alicyclic amines) is 1. The molecule has 2 fully saturated rings. The smallest absolute Gasteiger partial charge is 0.244 e. The normalized spacial score (nSPS) is 24.0. The van der Waals surface area contributed by atoms with E-state index in [2.05, 4.69) is 0 Å². The van der Waals surface area contributed by atoms with E-state index in [4.69, 9.17) is 28.4 Å². The first kappa shape index (κ1) is 21.2. The molecular formula is C23H24Cl2N2O3. The van der Waals surface area contributed by atoms with Gasteiger partial charge in [0.25, 0.3) is 0 Å². The molecule has 2 aromatic rings. The quantitative estimate of drug-likeness (QED) is 0.485. The summed E-state index contributed by atoms with van der Waals surface area (Å²) < 4.78 is 0. The van der Waals surface area contributed by atoms with Crippen LogP contribution < -0.4 is 5.48 Å². The summed E-state index contributed by atoms with van der Waals surface area (Å²) in [5, 5.41) is 10.3. The first-order valence-corrected chi connectivity index (χ1v) is 11.0. The van der Waals surface area contributed by atoms with Crippen LogP contribution in [0, 0.1) is 11.8 Å². The molecule has 0 unspecified atom stereocenters. The van der Waals surface area contributed by atoms with Crippen molar-refractivity contribution in [3.8, 4) is 0 Å². The van der Waals surface area contributed by atoms with Crippen LogP contribution >= 0.6 is 23.2 Å². The van der Waals surface area contributed by atoms with Crippen LogP contribution in [0.15, 0.2) is 48.5 Å². The largest absolute Gasteiger partial charge is 0.335 e. The molecule has 5 nitrogen and oxygen atoms in total. The molecule has 0 spiro atoms. The molecular weight excluding hydrogens is 423 g/mol. The molecule has 1 heterocycles. The van der Waals surface area contributed by atoms with Gasteiger partial charge < -0.3 is 4.90 Å². The third kappa shape index (κ3) is 4.64. The van der Waals surface area contributed by atoms with Gasteiger partial charge in [-0.1, -0.05) is 47.5 Å². The first-order chi connectivity index (χ1) is 14.5. The van der Waals surface area contributed by atoms with Crippen LogP contribution in [0.25, 0.3) is 0 Å². The second kappa shape index (κ2) is 8.96. The molecule has 3 atom stereocenters. The van der Waals surface area contributed by atoms with Crippen LogP contribution in [-0.2, 0) is 9.59 Å². The van der Waals surface area contributed by atoms with E-state index in [9.17, 15) is 9.59 Å². The molecule has 1 saturated carbocycles. The van der Waals surface area contributed by atoms with Crippen LogP contribution in [0.1, 0.15) is 48.8 Å². The molecule has 2 amide bonds. The third-order valence-electron chi connectivity index (χ3n) is 6.08. The predicted octanol–water partition coefficient (Wildman–Crippen LogP) is 4.97. The Kier molecular flexibility index (Phi) is 6.32. The highest BCUT2D eigenvalue weighted by Gasteiger charge is 2.45. The lowest BCUT2D eigenvalue weighted by molar-refractivity contribution is -0.147. The van der Waals surface area contributed by atoms with Gasteiger partial charge in [0.15, 0.2) is 0 Å². The Morgan fingerprint density at radius 3 is 2.43 bits per heavy atom.